The summed E-state index contributed by atoms with van der Waals surface area (Å²) >= 11 is 4.97. The molecule has 0 bridgehead atoms. The van der Waals surface area contributed by atoms with Gasteiger partial charge in [-0.1, -0.05) is 42.0 Å². The lowest BCUT2D eigenvalue weighted by Crippen LogP contribution is -2.17. The van der Waals surface area contributed by atoms with E-state index in [-0.39, 0.29) is 10.9 Å². The van der Waals surface area contributed by atoms with E-state index in [4.69, 9.17) is 18.0 Å². The van der Waals surface area contributed by atoms with Crippen molar-refractivity contribution in [2.75, 3.05) is 5.32 Å². The third-order valence-electron chi connectivity index (χ3n) is 2.72. The molecule has 2 aromatic rings. The molecule has 3 nitrogen and oxygen atoms in total. The normalized spacial score (nSPS) is 9.95. The van der Waals surface area contributed by atoms with Gasteiger partial charge in [0.2, 0.25) is 0 Å². The van der Waals surface area contributed by atoms with Crippen LogP contribution in [0.2, 0.25) is 0 Å². The minimum Gasteiger partial charge on any atom is -0.389 e. The highest BCUT2D eigenvalue weighted by Gasteiger charge is 2.10. The summed E-state index contributed by atoms with van der Waals surface area (Å²) in [6, 6.07) is 14.6. The Hall–Kier alpha value is -2.20. The van der Waals surface area contributed by atoms with E-state index in [0.29, 0.717) is 16.8 Å². The molecule has 4 heteroatoms. The summed E-state index contributed by atoms with van der Waals surface area (Å²) in [5.74, 6) is -0.174. The van der Waals surface area contributed by atoms with Crippen LogP contribution in [0.3, 0.4) is 0 Å². The molecular weight excluding hydrogens is 256 g/mol. The molecule has 0 atom stereocenters. The maximum Gasteiger partial charge on any atom is 0.255 e. The van der Waals surface area contributed by atoms with Crippen LogP contribution in [0.25, 0.3) is 0 Å². The van der Waals surface area contributed by atoms with E-state index in [2.05, 4.69) is 5.32 Å². The van der Waals surface area contributed by atoms with Crippen LogP contribution in [0.5, 0.6) is 0 Å². The summed E-state index contributed by atoms with van der Waals surface area (Å²) < 4.78 is 0. The van der Waals surface area contributed by atoms with Crippen LogP contribution in [-0.4, -0.2) is 10.9 Å². The van der Waals surface area contributed by atoms with Gasteiger partial charge < -0.3 is 11.1 Å². The number of nitrogens with two attached hydrogens (primary N) is 1. The second kappa shape index (κ2) is 5.63. The number of hydrogen-bond donors (Lipinski definition) is 2. The Morgan fingerprint density at radius 2 is 1.89 bits per heavy atom. The zero-order chi connectivity index (χ0) is 13.8. The fraction of sp³-hybridized carbons (Fsp3) is 0.0667. The molecule has 0 saturated carbocycles. The third kappa shape index (κ3) is 3.17. The van der Waals surface area contributed by atoms with Gasteiger partial charge in [-0.3, -0.25) is 4.79 Å². The second-order valence-electron chi connectivity index (χ2n) is 4.23. The van der Waals surface area contributed by atoms with Crippen molar-refractivity contribution < 1.29 is 4.79 Å². The molecule has 0 aromatic heterocycles. The zero-order valence-corrected chi connectivity index (χ0v) is 11.3. The Morgan fingerprint density at radius 3 is 2.58 bits per heavy atom. The van der Waals surface area contributed by atoms with Crippen LogP contribution in [0, 0.1) is 6.92 Å². The lowest BCUT2D eigenvalue weighted by molar-refractivity contribution is 0.102. The van der Waals surface area contributed by atoms with E-state index in [1.807, 2.05) is 37.3 Å². The summed E-state index contributed by atoms with van der Waals surface area (Å²) in [5, 5.41) is 2.83. The van der Waals surface area contributed by atoms with Gasteiger partial charge in [0.15, 0.2) is 0 Å². The van der Waals surface area contributed by atoms with Crippen molar-refractivity contribution in [2.45, 2.75) is 6.92 Å². The first-order valence-corrected chi connectivity index (χ1v) is 6.25. The highest BCUT2D eigenvalue weighted by atomic mass is 32.1. The Kier molecular flexibility index (Phi) is 3.92. The van der Waals surface area contributed by atoms with Crippen LogP contribution >= 0.6 is 12.2 Å². The fourth-order valence-electron chi connectivity index (χ4n) is 1.79. The Labute approximate surface area is 117 Å². The van der Waals surface area contributed by atoms with Gasteiger partial charge in [0, 0.05) is 11.1 Å². The Balaban J connectivity index is 2.27. The highest BCUT2D eigenvalue weighted by molar-refractivity contribution is 7.80. The van der Waals surface area contributed by atoms with Crippen LogP contribution in [0.15, 0.2) is 48.5 Å². The van der Waals surface area contributed by atoms with E-state index in [9.17, 15) is 4.79 Å². The Bertz CT molecular complexity index is 638. The third-order valence-corrected chi connectivity index (χ3v) is 2.94. The maximum absolute atomic E-state index is 12.1. The number of anilines is 1. The van der Waals surface area contributed by atoms with E-state index < -0.39 is 0 Å². The lowest BCUT2D eigenvalue weighted by atomic mass is 10.1. The molecule has 0 radical (unpaired) electrons. The van der Waals surface area contributed by atoms with E-state index >= 15 is 0 Å². The number of thiocarbonyl (C=S) groups is 1. The monoisotopic (exact) mass is 270 g/mol. The molecule has 1 amide bonds. The second-order valence-corrected chi connectivity index (χ2v) is 4.67. The first kappa shape index (κ1) is 13.2. The largest absolute Gasteiger partial charge is 0.389 e. The quantitative estimate of drug-likeness (QED) is 0.843. The number of para-hydroxylation sites is 1. The molecule has 0 saturated heterocycles. The molecule has 0 unspecified atom stereocenters. The molecule has 2 aromatic carbocycles. The SMILES string of the molecule is Cc1cccc(C(=O)Nc2ccccc2C(N)=S)c1. The number of nitrogens with one attached hydrogen (secondary N) is 1. The molecule has 0 aliphatic rings. The summed E-state index contributed by atoms with van der Waals surface area (Å²) in [5.41, 5.74) is 8.57. The smallest absolute Gasteiger partial charge is 0.255 e. The molecule has 2 rings (SSSR count). The molecule has 3 N–H and O–H groups in total. The molecule has 0 aliphatic carbocycles. The summed E-state index contributed by atoms with van der Waals surface area (Å²) in [6.07, 6.45) is 0. The average Bonchev–Trinajstić information content (AvgIpc) is 2.39. The molecule has 0 aliphatic heterocycles. The molecule has 19 heavy (non-hydrogen) atoms. The molecule has 0 heterocycles. The van der Waals surface area contributed by atoms with Gasteiger partial charge in [-0.2, -0.15) is 0 Å². The van der Waals surface area contributed by atoms with Gasteiger partial charge in [0.05, 0.1) is 5.69 Å². The van der Waals surface area contributed by atoms with Gasteiger partial charge in [-0.05, 0) is 31.2 Å². The van der Waals surface area contributed by atoms with E-state index in [1.165, 1.54) is 0 Å². The number of rotatable bonds is 3. The van der Waals surface area contributed by atoms with Crippen LogP contribution in [0.4, 0.5) is 5.69 Å². The first-order chi connectivity index (χ1) is 9.08. The lowest BCUT2D eigenvalue weighted by Gasteiger charge is -2.10. The predicted octanol–water partition coefficient (Wildman–Crippen LogP) is 2.88. The van der Waals surface area contributed by atoms with Crippen molar-refractivity contribution in [2.24, 2.45) is 5.73 Å². The predicted molar refractivity (Wildman–Crippen MR) is 81.5 cm³/mol. The van der Waals surface area contributed by atoms with Gasteiger partial charge in [0.1, 0.15) is 4.99 Å². The Morgan fingerprint density at radius 1 is 1.16 bits per heavy atom. The van der Waals surface area contributed by atoms with Crippen molar-refractivity contribution in [1.82, 2.24) is 0 Å². The maximum atomic E-state index is 12.1. The number of amides is 1. The molecule has 96 valence electrons. The fourth-order valence-corrected chi connectivity index (χ4v) is 1.97. The van der Waals surface area contributed by atoms with Gasteiger partial charge >= 0.3 is 0 Å². The van der Waals surface area contributed by atoms with Crippen LogP contribution in [-0.2, 0) is 0 Å². The molecule has 0 spiro atoms. The zero-order valence-electron chi connectivity index (χ0n) is 10.5. The average molecular weight is 270 g/mol. The number of carbonyl (C=O) groups is 1. The summed E-state index contributed by atoms with van der Waals surface area (Å²) in [6.45, 7) is 1.94. The van der Waals surface area contributed by atoms with E-state index in [1.54, 1.807) is 18.2 Å². The van der Waals surface area contributed by atoms with Crippen molar-refractivity contribution >= 4 is 28.8 Å². The molecule has 0 fully saturated rings. The van der Waals surface area contributed by atoms with Gasteiger partial charge in [-0.25, -0.2) is 0 Å². The topological polar surface area (TPSA) is 55.1 Å². The van der Waals surface area contributed by atoms with Crippen molar-refractivity contribution in [3.8, 4) is 0 Å². The first-order valence-electron chi connectivity index (χ1n) is 5.85. The summed E-state index contributed by atoms with van der Waals surface area (Å²) in [4.78, 5) is 12.4. The number of aryl methyl sites for hydroxylation is 1. The van der Waals surface area contributed by atoms with Crippen molar-refractivity contribution in [1.29, 1.82) is 0 Å². The number of carbonyl (C=O) groups excluding carboxylic acids is 1. The summed E-state index contributed by atoms with van der Waals surface area (Å²) in [7, 11) is 0. The van der Waals surface area contributed by atoms with Crippen molar-refractivity contribution in [3.63, 3.8) is 0 Å². The number of benzene rings is 2. The standard InChI is InChI=1S/C15H14N2OS/c1-10-5-4-6-11(9-10)15(18)17-13-8-3-2-7-12(13)14(16)19/h2-9H,1H3,(H2,16,19)(H,17,18). The number of hydrogen-bond acceptors (Lipinski definition) is 2. The van der Waals surface area contributed by atoms with Gasteiger partial charge in [0.25, 0.3) is 5.91 Å². The van der Waals surface area contributed by atoms with Crippen LogP contribution in [0.1, 0.15) is 21.5 Å². The van der Waals surface area contributed by atoms with Gasteiger partial charge in [-0.15, -0.1) is 0 Å². The minimum absolute atomic E-state index is 0.174. The van der Waals surface area contributed by atoms with Crippen LogP contribution < -0.4 is 11.1 Å². The molecular formula is C15H14N2OS. The van der Waals surface area contributed by atoms with Crippen molar-refractivity contribution in [3.05, 3.63) is 65.2 Å². The highest BCUT2D eigenvalue weighted by Crippen LogP contribution is 2.16. The minimum atomic E-state index is -0.174. The van der Waals surface area contributed by atoms with E-state index in [0.717, 1.165) is 5.56 Å².